The lowest BCUT2D eigenvalue weighted by Crippen LogP contribution is -2.13. The minimum atomic E-state index is -1.00. The number of benzene rings is 1. The molecule has 2 aromatic rings. The fraction of sp³-hybridized carbons (Fsp3) is 0.0667. The highest BCUT2D eigenvalue weighted by molar-refractivity contribution is 7.08. The molecule has 1 aromatic heterocycles. The van der Waals surface area contributed by atoms with Gasteiger partial charge in [-0.1, -0.05) is 12.1 Å². The van der Waals surface area contributed by atoms with Gasteiger partial charge < -0.3 is 10.4 Å². The highest BCUT2D eigenvalue weighted by atomic mass is 32.1. The Hall–Kier alpha value is -2.40. The Morgan fingerprint density at radius 3 is 2.85 bits per heavy atom. The molecule has 1 aromatic carbocycles. The van der Waals surface area contributed by atoms with Crippen LogP contribution in [0, 0.1) is 0 Å². The van der Waals surface area contributed by atoms with Gasteiger partial charge in [0.2, 0.25) is 5.91 Å². The maximum atomic E-state index is 11.8. The van der Waals surface area contributed by atoms with Crippen LogP contribution in [0.2, 0.25) is 0 Å². The average molecular weight is 287 g/mol. The normalized spacial score (nSPS) is 10.6. The summed E-state index contributed by atoms with van der Waals surface area (Å²) in [5, 5.41) is 15.2. The number of carboxylic acids is 1. The number of thiophene rings is 1. The van der Waals surface area contributed by atoms with Crippen LogP contribution in [0.25, 0.3) is 6.08 Å². The predicted molar refractivity (Wildman–Crippen MR) is 79.8 cm³/mol. The summed E-state index contributed by atoms with van der Waals surface area (Å²) >= 11 is 1.55. The molecule has 1 amide bonds. The highest BCUT2D eigenvalue weighted by Gasteiger charge is 2.04. The average Bonchev–Trinajstić information content (AvgIpc) is 2.89. The van der Waals surface area contributed by atoms with Gasteiger partial charge in [-0.15, -0.1) is 0 Å². The Bertz CT molecular complexity index is 632. The topological polar surface area (TPSA) is 66.4 Å². The quantitative estimate of drug-likeness (QED) is 0.831. The van der Waals surface area contributed by atoms with E-state index in [-0.39, 0.29) is 5.91 Å². The van der Waals surface area contributed by atoms with Gasteiger partial charge in [0, 0.05) is 11.8 Å². The van der Waals surface area contributed by atoms with Gasteiger partial charge in [0.1, 0.15) is 0 Å². The summed E-state index contributed by atoms with van der Waals surface area (Å²) in [6.07, 6.45) is 2.88. The van der Waals surface area contributed by atoms with Crippen molar-refractivity contribution >= 4 is 35.0 Å². The van der Waals surface area contributed by atoms with E-state index in [0.717, 1.165) is 17.2 Å². The van der Waals surface area contributed by atoms with E-state index in [2.05, 4.69) is 5.32 Å². The number of carbonyl (C=O) groups is 2. The molecule has 0 unspecified atom stereocenters. The Kier molecular flexibility index (Phi) is 4.68. The van der Waals surface area contributed by atoms with Gasteiger partial charge in [-0.05, 0) is 46.2 Å². The molecule has 0 radical (unpaired) electrons. The number of carboxylic acid groups (broad SMARTS) is 1. The molecule has 20 heavy (non-hydrogen) atoms. The predicted octanol–water partition coefficient (Wildman–Crippen LogP) is 3.03. The molecule has 0 spiro atoms. The molecule has 102 valence electrons. The second-order valence-electron chi connectivity index (χ2n) is 4.15. The van der Waals surface area contributed by atoms with Crippen molar-refractivity contribution in [1.82, 2.24) is 0 Å². The summed E-state index contributed by atoms with van der Waals surface area (Å²) in [6, 6.07) is 8.94. The van der Waals surface area contributed by atoms with Crippen LogP contribution in [0.5, 0.6) is 0 Å². The molecule has 0 saturated carbocycles. The van der Waals surface area contributed by atoms with Gasteiger partial charge >= 0.3 is 5.97 Å². The molecule has 0 aliphatic rings. The molecule has 4 nitrogen and oxygen atoms in total. The third-order valence-corrected chi connectivity index (χ3v) is 3.27. The van der Waals surface area contributed by atoms with Gasteiger partial charge in [-0.2, -0.15) is 11.3 Å². The summed E-state index contributed by atoms with van der Waals surface area (Å²) in [6.45, 7) is 0. The lowest BCUT2D eigenvalue weighted by molar-refractivity contribution is -0.131. The van der Waals surface area contributed by atoms with Crippen LogP contribution in [0.15, 0.2) is 47.2 Å². The van der Waals surface area contributed by atoms with Crippen molar-refractivity contribution in [2.45, 2.75) is 6.42 Å². The van der Waals surface area contributed by atoms with Crippen LogP contribution >= 0.6 is 11.3 Å². The maximum absolute atomic E-state index is 11.8. The number of carbonyl (C=O) groups excluding carboxylic acids is 1. The van der Waals surface area contributed by atoms with E-state index in [4.69, 9.17) is 5.11 Å². The van der Waals surface area contributed by atoms with E-state index in [0.29, 0.717) is 12.1 Å². The van der Waals surface area contributed by atoms with E-state index < -0.39 is 5.97 Å². The molecule has 0 aliphatic carbocycles. The summed E-state index contributed by atoms with van der Waals surface area (Å²) in [7, 11) is 0. The monoisotopic (exact) mass is 287 g/mol. The van der Waals surface area contributed by atoms with E-state index in [9.17, 15) is 9.59 Å². The van der Waals surface area contributed by atoms with Crippen LogP contribution in [-0.4, -0.2) is 17.0 Å². The molecule has 1 heterocycles. The first-order valence-electron chi connectivity index (χ1n) is 5.95. The van der Waals surface area contributed by atoms with E-state index >= 15 is 0 Å². The van der Waals surface area contributed by atoms with Crippen LogP contribution < -0.4 is 5.32 Å². The second kappa shape index (κ2) is 6.68. The van der Waals surface area contributed by atoms with Crippen LogP contribution in [0.3, 0.4) is 0 Å². The van der Waals surface area contributed by atoms with Crippen LogP contribution in [-0.2, 0) is 16.0 Å². The van der Waals surface area contributed by atoms with Gasteiger partial charge in [0.05, 0.1) is 6.42 Å². The molecule has 0 bridgehead atoms. The number of hydrogen-bond donors (Lipinski definition) is 2. The molecule has 2 N–H and O–H groups in total. The van der Waals surface area contributed by atoms with Crippen LogP contribution in [0.4, 0.5) is 5.69 Å². The zero-order chi connectivity index (χ0) is 14.4. The zero-order valence-corrected chi connectivity index (χ0v) is 11.4. The SMILES string of the molecule is O=C(O)C=Cc1cccc(NC(=O)Cc2ccsc2)c1. The van der Waals surface area contributed by atoms with Crippen molar-refractivity contribution in [3.05, 3.63) is 58.3 Å². The molecular weight excluding hydrogens is 274 g/mol. The third-order valence-electron chi connectivity index (χ3n) is 2.53. The maximum Gasteiger partial charge on any atom is 0.328 e. The van der Waals surface area contributed by atoms with Gasteiger partial charge in [-0.3, -0.25) is 4.79 Å². The summed E-state index contributed by atoms with van der Waals surface area (Å²) in [5.41, 5.74) is 2.35. The van der Waals surface area contributed by atoms with Crippen molar-refractivity contribution in [2.24, 2.45) is 0 Å². The standard InChI is InChI=1S/C15H13NO3S/c17-14(9-12-6-7-20-10-12)16-13-3-1-2-11(8-13)4-5-15(18)19/h1-8,10H,9H2,(H,16,17)(H,18,19). The van der Waals surface area contributed by atoms with Gasteiger partial charge in [-0.25, -0.2) is 4.79 Å². The van der Waals surface area contributed by atoms with Gasteiger partial charge in [0.15, 0.2) is 0 Å². The van der Waals surface area contributed by atoms with E-state index in [1.54, 1.807) is 35.6 Å². The number of rotatable bonds is 5. The Morgan fingerprint density at radius 1 is 1.30 bits per heavy atom. The number of aliphatic carboxylic acids is 1. The molecule has 2 rings (SSSR count). The largest absolute Gasteiger partial charge is 0.478 e. The number of anilines is 1. The zero-order valence-electron chi connectivity index (χ0n) is 10.6. The molecule has 0 atom stereocenters. The highest BCUT2D eigenvalue weighted by Crippen LogP contribution is 2.13. The first-order valence-corrected chi connectivity index (χ1v) is 6.90. The molecular formula is C15H13NO3S. The van der Waals surface area contributed by atoms with Gasteiger partial charge in [0.25, 0.3) is 0 Å². The fourth-order valence-electron chi connectivity index (χ4n) is 1.67. The molecule has 0 saturated heterocycles. The smallest absolute Gasteiger partial charge is 0.328 e. The van der Waals surface area contributed by atoms with E-state index in [1.807, 2.05) is 16.8 Å². The fourth-order valence-corrected chi connectivity index (χ4v) is 2.34. The van der Waals surface area contributed by atoms with Crippen molar-refractivity contribution in [3.63, 3.8) is 0 Å². The number of nitrogens with one attached hydrogen (secondary N) is 1. The summed E-state index contributed by atoms with van der Waals surface area (Å²) < 4.78 is 0. The number of amides is 1. The van der Waals surface area contributed by atoms with Crippen LogP contribution in [0.1, 0.15) is 11.1 Å². The van der Waals surface area contributed by atoms with Crippen molar-refractivity contribution < 1.29 is 14.7 Å². The van der Waals surface area contributed by atoms with Crippen molar-refractivity contribution in [2.75, 3.05) is 5.32 Å². The Balaban J connectivity index is 2.00. The second-order valence-corrected chi connectivity index (χ2v) is 4.93. The van der Waals surface area contributed by atoms with E-state index in [1.165, 1.54) is 6.08 Å². The first-order chi connectivity index (χ1) is 9.63. The van der Waals surface area contributed by atoms with Crippen molar-refractivity contribution in [1.29, 1.82) is 0 Å². The first kappa shape index (κ1) is 14.0. The Morgan fingerprint density at radius 2 is 2.15 bits per heavy atom. The molecule has 5 heteroatoms. The Labute approximate surface area is 120 Å². The summed E-state index contributed by atoms with van der Waals surface area (Å²) in [4.78, 5) is 22.3. The molecule has 0 fully saturated rings. The van der Waals surface area contributed by atoms with Crippen molar-refractivity contribution in [3.8, 4) is 0 Å². The minimum absolute atomic E-state index is 0.0947. The molecule has 0 aliphatic heterocycles. The lowest BCUT2D eigenvalue weighted by Gasteiger charge is -2.05. The number of hydrogen-bond acceptors (Lipinski definition) is 3. The lowest BCUT2D eigenvalue weighted by atomic mass is 10.1. The summed E-state index contributed by atoms with van der Waals surface area (Å²) in [5.74, 6) is -1.10. The third kappa shape index (κ3) is 4.37. The minimum Gasteiger partial charge on any atom is -0.478 e.